The summed E-state index contributed by atoms with van der Waals surface area (Å²) in [7, 11) is 0. The number of nitrogens with zero attached hydrogens (tertiary/aromatic N) is 3. The lowest BCUT2D eigenvalue weighted by Gasteiger charge is -2.33. The molecule has 0 aliphatic carbocycles. The summed E-state index contributed by atoms with van der Waals surface area (Å²) < 4.78 is 6.78. The van der Waals surface area contributed by atoms with Gasteiger partial charge in [-0.15, -0.1) is 5.10 Å². The van der Waals surface area contributed by atoms with Crippen LogP contribution in [0.15, 0.2) is 24.3 Å². The third-order valence-corrected chi connectivity index (χ3v) is 4.46. The Hall–Kier alpha value is -2.74. The fourth-order valence-corrected chi connectivity index (χ4v) is 2.93. The van der Waals surface area contributed by atoms with E-state index in [9.17, 15) is 14.7 Å². The van der Waals surface area contributed by atoms with Crippen molar-refractivity contribution in [2.45, 2.75) is 32.2 Å². The maximum atomic E-state index is 12.6. The topological polar surface area (TPSA) is 106 Å². The first-order chi connectivity index (χ1) is 11.9. The average Bonchev–Trinajstić information content (AvgIpc) is 2.97. The summed E-state index contributed by atoms with van der Waals surface area (Å²) in [6, 6.07) is 7.66. The Balaban J connectivity index is 1.87. The number of rotatable bonds is 4. The molecule has 132 valence electrons. The fraction of sp³-hybridized carbons (Fsp3) is 0.412. The molecule has 2 aromatic rings. The summed E-state index contributed by atoms with van der Waals surface area (Å²) >= 11 is 0. The van der Waals surface area contributed by atoms with Crippen molar-refractivity contribution in [3.8, 4) is 5.69 Å². The van der Waals surface area contributed by atoms with Crippen LogP contribution < -0.4 is 5.32 Å². The third kappa shape index (κ3) is 3.25. The maximum Gasteiger partial charge on any atom is 0.329 e. The molecule has 1 amide bonds. The molecule has 2 N–H and O–H groups in total. The molecule has 3 rings (SSSR count). The number of carboxylic acids is 1. The van der Waals surface area contributed by atoms with Crippen LogP contribution in [0.2, 0.25) is 0 Å². The van der Waals surface area contributed by atoms with Gasteiger partial charge in [-0.05, 0) is 31.5 Å². The van der Waals surface area contributed by atoms with Crippen LogP contribution in [0.4, 0.5) is 0 Å². The number of carbonyl (C=O) groups is 2. The van der Waals surface area contributed by atoms with E-state index in [4.69, 9.17) is 4.74 Å². The highest BCUT2D eigenvalue weighted by molar-refractivity contribution is 5.97. The van der Waals surface area contributed by atoms with Crippen LogP contribution >= 0.6 is 0 Å². The van der Waals surface area contributed by atoms with Gasteiger partial charge in [0, 0.05) is 26.1 Å². The van der Waals surface area contributed by atoms with Crippen LogP contribution in [0, 0.1) is 13.8 Å². The van der Waals surface area contributed by atoms with Crippen LogP contribution in [-0.2, 0) is 9.53 Å². The fourth-order valence-electron chi connectivity index (χ4n) is 2.93. The van der Waals surface area contributed by atoms with Crippen LogP contribution in [0.25, 0.3) is 5.69 Å². The zero-order valence-corrected chi connectivity index (χ0v) is 14.2. The normalized spacial score (nSPS) is 16.4. The van der Waals surface area contributed by atoms with Crippen molar-refractivity contribution in [3.05, 3.63) is 41.2 Å². The van der Waals surface area contributed by atoms with Gasteiger partial charge in [0.1, 0.15) is 5.54 Å². The van der Waals surface area contributed by atoms with E-state index in [1.807, 2.05) is 31.2 Å². The van der Waals surface area contributed by atoms with E-state index in [0.717, 1.165) is 11.3 Å². The lowest BCUT2D eigenvalue weighted by molar-refractivity contribution is -0.148. The number of carboxylic acid groups (broad SMARTS) is 1. The van der Waals surface area contributed by atoms with Crippen LogP contribution in [0.3, 0.4) is 0 Å². The predicted molar refractivity (Wildman–Crippen MR) is 88.7 cm³/mol. The summed E-state index contributed by atoms with van der Waals surface area (Å²) in [5.74, 6) is -1.60. The van der Waals surface area contributed by atoms with E-state index in [0.29, 0.717) is 18.9 Å². The Morgan fingerprint density at radius 2 is 2.00 bits per heavy atom. The molecule has 0 spiro atoms. The molecule has 8 heteroatoms. The monoisotopic (exact) mass is 344 g/mol. The maximum absolute atomic E-state index is 12.6. The summed E-state index contributed by atoms with van der Waals surface area (Å²) in [4.78, 5) is 24.3. The van der Waals surface area contributed by atoms with Gasteiger partial charge in [-0.25, -0.2) is 9.48 Å². The molecule has 0 radical (unpaired) electrons. The lowest BCUT2D eigenvalue weighted by atomic mass is 9.90. The molecule has 25 heavy (non-hydrogen) atoms. The molecule has 2 heterocycles. The highest BCUT2D eigenvalue weighted by Gasteiger charge is 2.42. The number of amides is 1. The number of ether oxygens (including phenoxy) is 1. The van der Waals surface area contributed by atoms with Crippen molar-refractivity contribution in [3.63, 3.8) is 0 Å². The van der Waals surface area contributed by atoms with Gasteiger partial charge < -0.3 is 15.2 Å². The van der Waals surface area contributed by atoms with Crippen molar-refractivity contribution in [1.82, 2.24) is 20.3 Å². The molecule has 1 aliphatic rings. The Labute approximate surface area is 144 Å². The largest absolute Gasteiger partial charge is 0.480 e. The number of aryl methyl sites for hydroxylation is 1. The van der Waals surface area contributed by atoms with Gasteiger partial charge in [-0.3, -0.25) is 4.79 Å². The second-order valence-corrected chi connectivity index (χ2v) is 6.23. The Bertz CT molecular complexity index is 809. The minimum atomic E-state index is -1.32. The Morgan fingerprint density at radius 1 is 1.28 bits per heavy atom. The SMILES string of the molecule is Cc1cccc(-n2nnc(C(=O)NC3(C(=O)O)CCOCC3)c2C)c1. The highest BCUT2D eigenvalue weighted by Crippen LogP contribution is 2.22. The van der Waals surface area contributed by atoms with E-state index in [2.05, 4.69) is 15.6 Å². The Kier molecular flexibility index (Phi) is 4.54. The van der Waals surface area contributed by atoms with Gasteiger partial charge in [0.25, 0.3) is 5.91 Å². The van der Waals surface area contributed by atoms with Crippen molar-refractivity contribution in [1.29, 1.82) is 0 Å². The zero-order valence-electron chi connectivity index (χ0n) is 14.2. The first-order valence-corrected chi connectivity index (χ1v) is 8.06. The van der Waals surface area contributed by atoms with Gasteiger partial charge in [-0.1, -0.05) is 17.3 Å². The van der Waals surface area contributed by atoms with E-state index < -0.39 is 17.4 Å². The van der Waals surface area contributed by atoms with Gasteiger partial charge >= 0.3 is 5.97 Å². The zero-order chi connectivity index (χ0) is 18.0. The number of nitrogens with one attached hydrogen (secondary N) is 1. The molecule has 0 unspecified atom stereocenters. The van der Waals surface area contributed by atoms with Crippen molar-refractivity contribution in [2.24, 2.45) is 0 Å². The molecule has 8 nitrogen and oxygen atoms in total. The van der Waals surface area contributed by atoms with Gasteiger partial charge in [0.2, 0.25) is 0 Å². The minimum absolute atomic E-state index is 0.119. The second kappa shape index (κ2) is 6.64. The van der Waals surface area contributed by atoms with Gasteiger partial charge in [-0.2, -0.15) is 0 Å². The molecular formula is C17H20N4O4. The van der Waals surface area contributed by atoms with Gasteiger partial charge in [0.05, 0.1) is 11.4 Å². The minimum Gasteiger partial charge on any atom is -0.480 e. The third-order valence-electron chi connectivity index (χ3n) is 4.46. The molecule has 0 bridgehead atoms. The summed E-state index contributed by atoms with van der Waals surface area (Å²) in [6.45, 7) is 4.28. The lowest BCUT2D eigenvalue weighted by Crippen LogP contribution is -2.57. The van der Waals surface area contributed by atoms with Crippen molar-refractivity contribution >= 4 is 11.9 Å². The van der Waals surface area contributed by atoms with Crippen molar-refractivity contribution < 1.29 is 19.4 Å². The molecule has 1 aromatic heterocycles. The van der Waals surface area contributed by atoms with E-state index in [1.54, 1.807) is 11.6 Å². The van der Waals surface area contributed by atoms with Gasteiger partial charge in [0.15, 0.2) is 5.69 Å². The predicted octanol–water partition coefficient (Wildman–Crippen LogP) is 1.25. The summed E-state index contributed by atoms with van der Waals surface area (Å²) in [5, 5.41) is 20.2. The Morgan fingerprint density at radius 3 is 2.64 bits per heavy atom. The first kappa shape index (κ1) is 17.1. The number of aromatic nitrogens is 3. The molecule has 1 saturated heterocycles. The number of hydrogen-bond acceptors (Lipinski definition) is 5. The van der Waals surface area contributed by atoms with Crippen molar-refractivity contribution in [2.75, 3.05) is 13.2 Å². The molecule has 1 fully saturated rings. The average molecular weight is 344 g/mol. The molecular weight excluding hydrogens is 324 g/mol. The molecule has 0 atom stereocenters. The molecule has 1 aliphatic heterocycles. The quantitative estimate of drug-likeness (QED) is 0.864. The molecule has 0 saturated carbocycles. The molecule has 1 aromatic carbocycles. The smallest absolute Gasteiger partial charge is 0.329 e. The number of benzene rings is 1. The van der Waals surface area contributed by atoms with Crippen LogP contribution in [0.5, 0.6) is 0 Å². The standard InChI is InChI=1S/C17H20N4O4/c1-11-4-3-5-13(10-11)21-12(2)14(19-20-21)15(22)18-17(16(23)24)6-8-25-9-7-17/h3-5,10H,6-9H2,1-2H3,(H,18,22)(H,23,24). The van der Waals surface area contributed by atoms with Crippen LogP contribution in [-0.4, -0.2) is 50.7 Å². The van der Waals surface area contributed by atoms with E-state index >= 15 is 0 Å². The number of hydrogen-bond donors (Lipinski definition) is 2. The van der Waals surface area contributed by atoms with E-state index in [1.165, 1.54) is 0 Å². The first-order valence-electron chi connectivity index (χ1n) is 8.06. The second-order valence-electron chi connectivity index (χ2n) is 6.23. The number of aliphatic carboxylic acids is 1. The van der Waals surface area contributed by atoms with Crippen LogP contribution in [0.1, 0.15) is 34.6 Å². The summed E-state index contributed by atoms with van der Waals surface area (Å²) in [5.41, 5.74) is 1.20. The number of carbonyl (C=O) groups excluding carboxylic acids is 1. The van der Waals surface area contributed by atoms with E-state index in [-0.39, 0.29) is 18.5 Å². The highest BCUT2D eigenvalue weighted by atomic mass is 16.5. The summed E-state index contributed by atoms with van der Waals surface area (Å²) in [6.07, 6.45) is 0.443.